The lowest BCUT2D eigenvalue weighted by Crippen LogP contribution is -2.03. The molecule has 0 bridgehead atoms. The van der Waals surface area contributed by atoms with Crippen LogP contribution >= 0.6 is 21.4 Å². The van der Waals surface area contributed by atoms with Gasteiger partial charge in [0.2, 0.25) is 0 Å². The Morgan fingerprint density at radius 3 is 1.56 bits per heavy atom. The highest BCUT2D eigenvalue weighted by Gasteiger charge is 2.33. The van der Waals surface area contributed by atoms with Crippen molar-refractivity contribution in [1.29, 1.82) is 0 Å². The molecule has 0 fully saturated rings. The van der Waals surface area contributed by atoms with Gasteiger partial charge in [0.1, 0.15) is 0 Å². The zero-order valence-corrected chi connectivity index (χ0v) is 15.8. The summed E-state index contributed by atoms with van der Waals surface area (Å²) < 4.78 is 1.42. The molecular weight excluding hydrogens is 340 g/mol. The lowest BCUT2D eigenvalue weighted by Gasteiger charge is -2.40. The molecule has 2 heteroatoms. The van der Waals surface area contributed by atoms with Crippen LogP contribution in [0.15, 0.2) is 121 Å². The molecule has 0 radical (unpaired) electrons. The Hall–Kier alpha value is -2.29. The predicted octanol–water partition coefficient (Wildman–Crippen LogP) is 7.40. The monoisotopic (exact) mass is 360 g/mol. The van der Waals surface area contributed by atoms with Gasteiger partial charge < -0.3 is 0 Å². The minimum absolute atomic E-state index is 1.30. The second kappa shape index (κ2) is 6.91. The third-order valence-corrected chi connectivity index (χ3v) is 9.74. The van der Waals surface area contributed by atoms with Gasteiger partial charge in [0, 0.05) is 14.7 Å². The molecule has 0 spiro atoms. The second-order valence-corrected chi connectivity index (χ2v) is 10.3. The molecule has 4 rings (SSSR count). The van der Waals surface area contributed by atoms with Gasteiger partial charge in [0.15, 0.2) is 0 Å². The first-order chi connectivity index (χ1) is 12.3. The fourth-order valence-corrected chi connectivity index (χ4v) is 8.72. The van der Waals surface area contributed by atoms with Crippen LogP contribution in [0.2, 0.25) is 0 Å². The van der Waals surface area contributed by atoms with E-state index in [2.05, 4.69) is 109 Å². The van der Waals surface area contributed by atoms with Crippen molar-refractivity contribution in [3.05, 3.63) is 108 Å². The van der Waals surface area contributed by atoms with E-state index in [0.29, 0.717) is 0 Å². The Morgan fingerprint density at radius 1 is 0.560 bits per heavy atom. The maximum Gasteiger partial charge on any atom is 0.0550 e. The summed E-state index contributed by atoms with van der Waals surface area (Å²) in [6, 6.07) is 35.5. The van der Waals surface area contributed by atoms with Gasteiger partial charge in [-0.05, 0) is 54.8 Å². The average molecular weight is 361 g/mol. The Labute approximate surface area is 155 Å². The van der Waals surface area contributed by atoms with Gasteiger partial charge in [-0.1, -0.05) is 60.2 Å². The molecule has 25 heavy (non-hydrogen) atoms. The predicted molar refractivity (Wildman–Crippen MR) is 109 cm³/mol. The summed E-state index contributed by atoms with van der Waals surface area (Å²) in [6.07, 6.45) is 0. The molecule has 0 unspecified atom stereocenters. The van der Waals surface area contributed by atoms with Crippen LogP contribution in [-0.4, -0.2) is 0 Å². The maximum atomic E-state index is 2.31. The van der Waals surface area contributed by atoms with Crippen LogP contribution in [0.25, 0.3) is 0 Å². The van der Waals surface area contributed by atoms with E-state index < -0.39 is 10.0 Å². The molecular formula is C23H20S2. The van der Waals surface area contributed by atoms with Gasteiger partial charge in [0.05, 0.1) is 4.21 Å². The molecule has 124 valence electrons. The Bertz CT molecular complexity index is 885. The van der Waals surface area contributed by atoms with Crippen molar-refractivity contribution in [2.45, 2.75) is 25.8 Å². The van der Waals surface area contributed by atoms with Crippen molar-refractivity contribution in [2.75, 3.05) is 0 Å². The molecule has 3 aromatic carbocycles. The van der Waals surface area contributed by atoms with E-state index in [-0.39, 0.29) is 0 Å². The van der Waals surface area contributed by atoms with E-state index in [1.807, 2.05) is 11.3 Å². The van der Waals surface area contributed by atoms with Gasteiger partial charge in [-0.15, -0.1) is 21.4 Å². The standard InChI is InChI=1S/C23H20S2/c1-19-14-16-22(17-15-19)25(23-13-8-18-24-23,20-9-4-2-5-10-20)21-11-6-3-7-12-21/h2-18H,1H3. The van der Waals surface area contributed by atoms with E-state index >= 15 is 0 Å². The van der Waals surface area contributed by atoms with Crippen LogP contribution in [0.4, 0.5) is 0 Å². The Balaban J connectivity index is 2.11. The van der Waals surface area contributed by atoms with Gasteiger partial charge in [-0.25, -0.2) is 0 Å². The maximum absolute atomic E-state index is 2.31. The summed E-state index contributed by atoms with van der Waals surface area (Å²) >= 11 is 1.86. The molecule has 1 heterocycles. The van der Waals surface area contributed by atoms with E-state index in [1.165, 1.54) is 24.5 Å². The van der Waals surface area contributed by atoms with E-state index in [1.54, 1.807) is 0 Å². The Morgan fingerprint density at radius 2 is 1.08 bits per heavy atom. The summed E-state index contributed by atoms with van der Waals surface area (Å²) in [4.78, 5) is 4.15. The van der Waals surface area contributed by atoms with Crippen LogP contribution in [0.5, 0.6) is 0 Å². The lowest BCUT2D eigenvalue weighted by molar-refractivity contribution is 1.26. The van der Waals surface area contributed by atoms with Crippen molar-refractivity contribution in [3.8, 4) is 0 Å². The molecule has 0 atom stereocenters. The van der Waals surface area contributed by atoms with E-state index in [4.69, 9.17) is 0 Å². The summed E-state index contributed by atoms with van der Waals surface area (Å²) in [5.74, 6) is 0. The second-order valence-electron chi connectivity index (χ2n) is 5.98. The summed E-state index contributed by atoms with van der Waals surface area (Å²) in [7, 11) is -1.47. The van der Waals surface area contributed by atoms with Crippen LogP contribution in [0, 0.1) is 6.92 Å². The quantitative estimate of drug-likeness (QED) is 0.356. The largest absolute Gasteiger partial charge is 0.138 e. The molecule has 1 aromatic heterocycles. The van der Waals surface area contributed by atoms with Gasteiger partial charge in [-0.3, -0.25) is 0 Å². The first-order valence-electron chi connectivity index (χ1n) is 8.35. The minimum Gasteiger partial charge on any atom is -0.138 e. The van der Waals surface area contributed by atoms with Crippen molar-refractivity contribution >= 4 is 21.4 Å². The lowest BCUT2D eigenvalue weighted by atomic mass is 10.2. The zero-order chi connectivity index (χ0) is 17.1. The molecule has 0 aliphatic heterocycles. The molecule has 0 aliphatic carbocycles. The Kier molecular flexibility index (Phi) is 4.48. The number of hydrogen-bond donors (Lipinski definition) is 0. The van der Waals surface area contributed by atoms with Crippen LogP contribution < -0.4 is 0 Å². The highest BCUT2D eigenvalue weighted by atomic mass is 32.3. The smallest absolute Gasteiger partial charge is 0.0550 e. The van der Waals surface area contributed by atoms with Crippen LogP contribution in [0.1, 0.15) is 5.56 Å². The molecule has 0 N–H and O–H groups in total. The number of hydrogen-bond acceptors (Lipinski definition) is 1. The summed E-state index contributed by atoms with van der Waals surface area (Å²) in [6.45, 7) is 2.15. The third kappa shape index (κ3) is 2.82. The zero-order valence-electron chi connectivity index (χ0n) is 14.1. The number of rotatable bonds is 4. The van der Waals surface area contributed by atoms with Crippen molar-refractivity contribution < 1.29 is 0 Å². The average Bonchev–Trinajstić information content (AvgIpc) is 3.21. The first kappa shape index (κ1) is 16.2. The molecule has 0 saturated heterocycles. The number of thiophene rings is 1. The highest BCUT2D eigenvalue weighted by molar-refractivity contribution is 8.35. The van der Waals surface area contributed by atoms with E-state index in [9.17, 15) is 0 Å². The first-order valence-corrected chi connectivity index (χ1v) is 10.9. The molecule has 0 aliphatic rings. The molecule has 4 aromatic rings. The van der Waals surface area contributed by atoms with Crippen molar-refractivity contribution in [1.82, 2.24) is 0 Å². The fraction of sp³-hybridized carbons (Fsp3) is 0.0435. The fourth-order valence-electron chi connectivity index (χ4n) is 3.19. The molecule has 0 amide bonds. The number of benzene rings is 3. The van der Waals surface area contributed by atoms with Crippen LogP contribution in [-0.2, 0) is 0 Å². The van der Waals surface area contributed by atoms with E-state index in [0.717, 1.165) is 0 Å². The van der Waals surface area contributed by atoms with Crippen LogP contribution in [0.3, 0.4) is 0 Å². The van der Waals surface area contributed by atoms with Gasteiger partial charge in [0.25, 0.3) is 0 Å². The summed E-state index contributed by atoms with van der Waals surface area (Å²) in [5.41, 5.74) is 1.30. The van der Waals surface area contributed by atoms with Gasteiger partial charge in [-0.2, -0.15) is 0 Å². The highest BCUT2D eigenvalue weighted by Crippen LogP contribution is 2.74. The molecule has 0 saturated carbocycles. The SMILES string of the molecule is Cc1ccc(S(c2ccccc2)(c2ccccc2)c2cccs2)cc1. The molecule has 0 nitrogen and oxygen atoms in total. The summed E-state index contributed by atoms with van der Waals surface area (Å²) in [5, 5.41) is 2.19. The third-order valence-electron chi connectivity index (χ3n) is 4.36. The minimum atomic E-state index is -1.47. The van der Waals surface area contributed by atoms with Crippen molar-refractivity contribution in [3.63, 3.8) is 0 Å². The topological polar surface area (TPSA) is 0 Å². The van der Waals surface area contributed by atoms with Gasteiger partial charge >= 0.3 is 0 Å². The van der Waals surface area contributed by atoms with Crippen molar-refractivity contribution in [2.24, 2.45) is 0 Å². The number of aryl methyl sites for hydroxylation is 1. The normalized spacial score (nSPS) is 12.0.